The summed E-state index contributed by atoms with van der Waals surface area (Å²) in [6.45, 7) is 4.78. The summed E-state index contributed by atoms with van der Waals surface area (Å²) in [5.41, 5.74) is 9.42. The summed E-state index contributed by atoms with van der Waals surface area (Å²) in [5.74, 6) is 1.04. The lowest BCUT2D eigenvalue weighted by atomic mass is 10.2. The number of fused-ring (bicyclic) bond motifs is 1. The molecule has 1 aromatic rings. The van der Waals surface area contributed by atoms with Gasteiger partial charge in [0.15, 0.2) is 0 Å². The average Bonchev–Trinajstić information content (AvgIpc) is 2.84. The number of nitrogens with one attached hydrogen (secondary N) is 3. The Bertz CT molecular complexity index is 477. The fraction of sp³-hybridized carbons (Fsp3) is 0.400. The van der Waals surface area contributed by atoms with Gasteiger partial charge in [-0.25, -0.2) is 5.43 Å². The first kappa shape index (κ1) is 11.9. The molecule has 0 saturated carbocycles. The lowest BCUT2D eigenvalue weighted by Gasteiger charge is -2.25. The minimum atomic E-state index is 0. The van der Waals surface area contributed by atoms with E-state index in [4.69, 9.17) is 0 Å². The van der Waals surface area contributed by atoms with Crippen molar-refractivity contribution in [3.63, 3.8) is 0 Å². The maximum absolute atomic E-state index is 4.29. The van der Waals surface area contributed by atoms with E-state index in [9.17, 15) is 0 Å². The van der Waals surface area contributed by atoms with Crippen molar-refractivity contribution in [3.8, 4) is 0 Å². The number of hydrazine groups is 1. The molecule has 0 bridgehead atoms. The van der Waals surface area contributed by atoms with Crippen LogP contribution < -0.4 is 10.9 Å². The van der Waals surface area contributed by atoms with E-state index < -0.39 is 0 Å². The standard InChI is InChI=1S/C10H14N6.ClH/c1-6-5-8(13-12-6)10-15-14-9-7(2)11-3-4-16(9)10;/h3,5,10,14-15H,4H2,1-2H3,(H,12,13);1H. The molecule has 7 heteroatoms. The smallest absolute Gasteiger partial charge is 0.143 e. The van der Waals surface area contributed by atoms with Crippen LogP contribution in [0.5, 0.6) is 0 Å². The Morgan fingerprint density at radius 2 is 2.24 bits per heavy atom. The summed E-state index contributed by atoms with van der Waals surface area (Å²) in [4.78, 5) is 6.49. The van der Waals surface area contributed by atoms with Gasteiger partial charge < -0.3 is 10.3 Å². The Kier molecular flexibility index (Phi) is 3.08. The number of hydrogen-bond acceptors (Lipinski definition) is 5. The highest BCUT2D eigenvalue weighted by Crippen LogP contribution is 2.27. The number of nitrogens with zero attached hydrogens (tertiary/aromatic N) is 3. The zero-order valence-corrected chi connectivity index (χ0v) is 10.5. The predicted molar refractivity (Wildman–Crippen MR) is 67.5 cm³/mol. The van der Waals surface area contributed by atoms with Crippen molar-refractivity contribution < 1.29 is 0 Å². The number of aryl methyl sites for hydroxylation is 1. The second-order valence-corrected chi connectivity index (χ2v) is 4.05. The van der Waals surface area contributed by atoms with E-state index in [0.717, 1.165) is 29.5 Å². The maximum atomic E-state index is 4.29. The van der Waals surface area contributed by atoms with Crippen molar-refractivity contribution in [2.45, 2.75) is 20.0 Å². The molecule has 2 aliphatic heterocycles. The molecule has 0 aliphatic carbocycles. The van der Waals surface area contributed by atoms with Crippen molar-refractivity contribution >= 4 is 18.6 Å². The average molecular weight is 255 g/mol. The SMILES string of the molecule is CC1=C2NNC(c3cc(C)[nH]n3)N2CC=N1.Cl. The van der Waals surface area contributed by atoms with Crippen molar-refractivity contribution in [3.05, 3.63) is 29.0 Å². The number of aromatic amines is 1. The molecule has 17 heavy (non-hydrogen) atoms. The number of rotatable bonds is 1. The first-order valence-corrected chi connectivity index (χ1v) is 5.29. The zero-order valence-electron chi connectivity index (χ0n) is 9.69. The van der Waals surface area contributed by atoms with Crippen LogP contribution in [0.1, 0.15) is 24.5 Å². The third kappa shape index (κ3) is 1.89. The van der Waals surface area contributed by atoms with Crippen molar-refractivity contribution in [1.29, 1.82) is 0 Å². The summed E-state index contributed by atoms with van der Waals surface area (Å²) < 4.78 is 0. The number of H-pyrrole nitrogens is 1. The molecule has 92 valence electrons. The summed E-state index contributed by atoms with van der Waals surface area (Å²) in [5, 5.41) is 7.24. The third-order valence-electron chi connectivity index (χ3n) is 2.84. The Balaban J connectivity index is 0.00000108. The maximum Gasteiger partial charge on any atom is 0.143 e. The van der Waals surface area contributed by atoms with Gasteiger partial charge in [0.25, 0.3) is 0 Å². The van der Waals surface area contributed by atoms with Crippen LogP contribution in [-0.2, 0) is 0 Å². The zero-order chi connectivity index (χ0) is 11.1. The van der Waals surface area contributed by atoms with Gasteiger partial charge in [0.1, 0.15) is 17.7 Å². The van der Waals surface area contributed by atoms with Gasteiger partial charge in [-0.3, -0.25) is 10.1 Å². The molecule has 2 aliphatic rings. The van der Waals surface area contributed by atoms with Crippen LogP contribution in [0.4, 0.5) is 0 Å². The van der Waals surface area contributed by atoms with Gasteiger partial charge in [-0.15, -0.1) is 12.4 Å². The van der Waals surface area contributed by atoms with Gasteiger partial charge in [-0.2, -0.15) is 5.10 Å². The van der Waals surface area contributed by atoms with Crippen LogP contribution >= 0.6 is 12.4 Å². The topological polar surface area (TPSA) is 68.3 Å². The molecule has 1 fully saturated rings. The van der Waals surface area contributed by atoms with Gasteiger partial charge in [0.05, 0.1) is 12.2 Å². The highest BCUT2D eigenvalue weighted by molar-refractivity contribution is 5.85. The highest BCUT2D eigenvalue weighted by Gasteiger charge is 2.32. The van der Waals surface area contributed by atoms with Crippen LogP contribution in [0.15, 0.2) is 22.6 Å². The van der Waals surface area contributed by atoms with Gasteiger partial charge in [-0.05, 0) is 19.9 Å². The molecule has 1 aromatic heterocycles. The Hall–Kier alpha value is -1.53. The molecule has 3 heterocycles. The van der Waals surface area contributed by atoms with Gasteiger partial charge in [-0.1, -0.05) is 0 Å². The summed E-state index contributed by atoms with van der Waals surface area (Å²) in [7, 11) is 0. The van der Waals surface area contributed by atoms with Crippen LogP contribution in [-0.4, -0.2) is 27.9 Å². The van der Waals surface area contributed by atoms with Gasteiger partial charge in [0, 0.05) is 11.9 Å². The predicted octanol–water partition coefficient (Wildman–Crippen LogP) is 0.822. The largest absolute Gasteiger partial charge is 0.328 e. The fourth-order valence-electron chi connectivity index (χ4n) is 2.05. The van der Waals surface area contributed by atoms with Gasteiger partial charge >= 0.3 is 0 Å². The number of allylic oxidation sites excluding steroid dienone is 1. The number of halogens is 1. The van der Waals surface area contributed by atoms with Crippen LogP contribution in [0.25, 0.3) is 0 Å². The molecule has 1 saturated heterocycles. The summed E-state index contributed by atoms with van der Waals surface area (Å²) >= 11 is 0. The highest BCUT2D eigenvalue weighted by atomic mass is 35.5. The minimum Gasteiger partial charge on any atom is -0.328 e. The van der Waals surface area contributed by atoms with E-state index in [1.165, 1.54) is 0 Å². The molecular weight excluding hydrogens is 240 g/mol. The van der Waals surface area contributed by atoms with Crippen LogP contribution in [0.3, 0.4) is 0 Å². The summed E-state index contributed by atoms with van der Waals surface area (Å²) in [6.07, 6.45) is 1.99. The van der Waals surface area contributed by atoms with E-state index in [1.54, 1.807) is 0 Å². The molecule has 1 atom stereocenters. The quantitative estimate of drug-likeness (QED) is 0.694. The van der Waals surface area contributed by atoms with Crippen LogP contribution in [0, 0.1) is 6.92 Å². The molecule has 0 spiro atoms. The normalized spacial score (nSPS) is 22.2. The van der Waals surface area contributed by atoms with Crippen molar-refractivity contribution in [2.75, 3.05) is 6.54 Å². The van der Waals surface area contributed by atoms with Gasteiger partial charge in [0.2, 0.25) is 0 Å². The molecule has 1 unspecified atom stereocenters. The van der Waals surface area contributed by atoms with E-state index in [-0.39, 0.29) is 18.6 Å². The third-order valence-corrected chi connectivity index (χ3v) is 2.84. The minimum absolute atomic E-state index is 0. The number of aliphatic imine (C=N–C) groups is 1. The molecular formula is C10H15ClN6. The van der Waals surface area contributed by atoms with E-state index in [0.29, 0.717) is 0 Å². The molecule has 6 nitrogen and oxygen atoms in total. The first-order chi connectivity index (χ1) is 7.75. The Morgan fingerprint density at radius 1 is 1.41 bits per heavy atom. The fourth-order valence-corrected chi connectivity index (χ4v) is 2.05. The molecule has 0 aromatic carbocycles. The van der Waals surface area contributed by atoms with E-state index in [2.05, 4.69) is 30.9 Å². The number of hydrogen-bond donors (Lipinski definition) is 3. The molecule has 0 amide bonds. The van der Waals surface area contributed by atoms with Crippen molar-refractivity contribution in [2.24, 2.45) is 4.99 Å². The molecule has 3 rings (SSSR count). The Morgan fingerprint density at radius 3 is 2.94 bits per heavy atom. The number of aromatic nitrogens is 2. The molecule has 0 radical (unpaired) electrons. The second-order valence-electron chi connectivity index (χ2n) is 4.05. The monoisotopic (exact) mass is 254 g/mol. The first-order valence-electron chi connectivity index (χ1n) is 5.29. The lowest BCUT2D eigenvalue weighted by molar-refractivity contribution is 0.305. The van der Waals surface area contributed by atoms with E-state index >= 15 is 0 Å². The van der Waals surface area contributed by atoms with Crippen molar-refractivity contribution in [1.82, 2.24) is 25.9 Å². The van der Waals surface area contributed by atoms with E-state index in [1.807, 2.05) is 26.1 Å². The lowest BCUT2D eigenvalue weighted by Crippen LogP contribution is -2.30. The summed E-state index contributed by atoms with van der Waals surface area (Å²) in [6, 6.07) is 2.05. The second kappa shape index (κ2) is 4.38. The van der Waals surface area contributed by atoms with Crippen LogP contribution in [0.2, 0.25) is 0 Å². The molecule has 3 N–H and O–H groups in total. The Labute approximate surface area is 106 Å².